The molecule has 0 radical (unpaired) electrons. The number of aromatic nitrogens is 2. The van der Waals surface area contributed by atoms with Gasteiger partial charge in [-0.25, -0.2) is 4.98 Å². The molecule has 0 bridgehead atoms. The number of nitrogens with one attached hydrogen (secondary N) is 1. The minimum Gasteiger partial charge on any atom is -0.347 e. The smallest absolute Gasteiger partial charge is 0.153 e. The van der Waals surface area contributed by atoms with Crippen molar-refractivity contribution < 1.29 is 0 Å². The van der Waals surface area contributed by atoms with Crippen molar-refractivity contribution in [1.82, 2.24) is 9.97 Å². The standard InChI is InChI=1S/C7H4ClIN2/c8-7-6-4(1-2-10-7)3-5(9)11-6/h1-3,11H. The average molecular weight is 278 g/mol. The van der Waals surface area contributed by atoms with Crippen LogP contribution in [0.1, 0.15) is 0 Å². The number of hydrogen-bond donors (Lipinski definition) is 1. The third-order valence-corrected chi connectivity index (χ3v) is 2.33. The molecule has 0 amide bonds. The lowest BCUT2D eigenvalue weighted by Crippen LogP contribution is -1.74. The maximum absolute atomic E-state index is 5.82. The van der Waals surface area contributed by atoms with Crippen molar-refractivity contribution in [2.24, 2.45) is 0 Å². The Balaban J connectivity index is 2.90. The molecule has 0 aliphatic heterocycles. The summed E-state index contributed by atoms with van der Waals surface area (Å²) in [6.45, 7) is 0. The molecule has 4 heteroatoms. The van der Waals surface area contributed by atoms with E-state index in [4.69, 9.17) is 11.6 Å². The van der Waals surface area contributed by atoms with Crippen LogP contribution in [0, 0.1) is 3.70 Å². The molecular weight excluding hydrogens is 274 g/mol. The fourth-order valence-electron chi connectivity index (χ4n) is 0.986. The molecule has 2 rings (SSSR count). The zero-order chi connectivity index (χ0) is 7.84. The summed E-state index contributed by atoms with van der Waals surface area (Å²) >= 11 is 8.03. The summed E-state index contributed by atoms with van der Waals surface area (Å²) in [6.07, 6.45) is 1.70. The summed E-state index contributed by atoms with van der Waals surface area (Å²) < 4.78 is 1.08. The van der Waals surface area contributed by atoms with E-state index in [1.54, 1.807) is 6.20 Å². The van der Waals surface area contributed by atoms with E-state index in [1.807, 2.05) is 12.1 Å². The van der Waals surface area contributed by atoms with Gasteiger partial charge in [0.25, 0.3) is 0 Å². The predicted octanol–water partition coefficient (Wildman–Crippen LogP) is 2.82. The van der Waals surface area contributed by atoms with E-state index in [9.17, 15) is 0 Å². The van der Waals surface area contributed by atoms with Gasteiger partial charge in [0.2, 0.25) is 0 Å². The number of rotatable bonds is 0. The van der Waals surface area contributed by atoms with Gasteiger partial charge in [-0.05, 0) is 34.7 Å². The molecule has 0 aliphatic rings. The third kappa shape index (κ3) is 1.22. The monoisotopic (exact) mass is 278 g/mol. The summed E-state index contributed by atoms with van der Waals surface area (Å²) in [5.74, 6) is 0. The number of halogens is 2. The Morgan fingerprint density at radius 2 is 2.36 bits per heavy atom. The van der Waals surface area contributed by atoms with Gasteiger partial charge in [-0.15, -0.1) is 0 Å². The highest BCUT2D eigenvalue weighted by atomic mass is 127. The van der Waals surface area contributed by atoms with E-state index in [-0.39, 0.29) is 0 Å². The third-order valence-electron chi connectivity index (χ3n) is 1.46. The highest BCUT2D eigenvalue weighted by molar-refractivity contribution is 14.1. The highest BCUT2D eigenvalue weighted by Crippen LogP contribution is 2.21. The molecule has 0 atom stereocenters. The minimum absolute atomic E-state index is 0.533. The molecule has 2 aromatic heterocycles. The summed E-state index contributed by atoms with van der Waals surface area (Å²) in [5, 5.41) is 1.64. The van der Waals surface area contributed by atoms with Crippen LogP contribution in [0.4, 0.5) is 0 Å². The van der Waals surface area contributed by atoms with Crippen LogP contribution in [-0.4, -0.2) is 9.97 Å². The summed E-state index contributed by atoms with van der Waals surface area (Å²) in [7, 11) is 0. The van der Waals surface area contributed by atoms with Crippen LogP contribution in [0.5, 0.6) is 0 Å². The van der Waals surface area contributed by atoms with E-state index in [1.165, 1.54) is 0 Å². The normalized spacial score (nSPS) is 10.7. The lowest BCUT2D eigenvalue weighted by atomic mass is 10.3. The molecule has 0 unspecified atom stereocenters. The van der Waals surface area contributed by atoms with Gasteiger partial charge in [-0.3, -0.25) is 0 Å². The first kappa shape index (κ1) is 7.36. The maximum atomic E-state index is 5.82. The molecule has 0 saturated heterocycles. The Bertz CT molecular complexity index is 396. The summed E-state index contributed by atoms with van der Waals surface area (Å²) in [4.78, 5) is 7.07. The molecule has 56 valence electrons. The number of pyridine rings is 1. The SMILES string of the molecule is Clc1nccc2cc(I)[nH]c12. The van der Waals surface area contributed by atoms with E-state index in [2.05, 4.69) is 32.6 Å². The first-order chi connectivity index (χ1) is 5.27. The van der Waals surface area contributed by atoms with Crippen LogP contribution >= 0.6 is 34.2 Å². The molecular formula is C7H4ClIN2. The van der Waals surface area contributed by atoms with Gasteiger partial charge in [0.05, 0.1) is 9.22 Å². The van der Waals surface area contributed by atoms with Crippen molar-refractivity contribution in [3.05, 3.63) is 27.2 Å². The molecule has 0 spiro atoms. The molecule has 2 aromatic rings. The Morgan fingerprint density at radius 1 is 1.55 bits per heavy atom. The van der Waals surface area contributed by atoms with E-state index < -0.39 is 0 Å². The summed E-state index contributed by atoms with van der Waals surface area (Å²) in [5.41, 5.74) is 0.915. The van der Waals surface area contributed by atoms with Crippen LogP contribution in [0.15, 0.2) is 18.3 Å². The Hall–Kier alpha value is -0.290. The molecule has 11 heavy (non-hydrogen) atoms. The fourth-order valence-corrected chi connectivity index (χ4v) is 1.80. The van der Waals surface area contributed by atoms with Crippen LogP contribution < -0.4 is 0 Å². The molecule has 0 saturated carbocycles. The van der Waals surface area contributed by atoms with Gasteiger partial charge in [0, 0.05) is 11.6 Å². The van der Waals surface area contributed by atoms with Gasteiger partial charge in [-0.1, -0.05) is 11.6 Å². The number of fused-ring (bicyclic) bond motifs is 1. The zero-order valence-electron chi connectivity index (χ0n) is 5.44. The van der Waals surface area contributed by atoms with Gasteiger partial charge in [0.1, 0.15) is 0 Å². The van der Waals surface area contributed by atoms with Crippen LogP contribution in [0.2, 0.25) is 5.15 Å². The van der Waals surface area contributed by atoms with Gasteiger partial charge < -0.3 is 4.98 Å². The fraction of sp³-hybridized carbons (Fsp3) is 0. The number of H-pyrrole nitrogens is 1. The highest BCUT2D eigenvalue weighted by Gasteiger charge is 2.01. The number of hydrogen-bond acceptors (Lipinski definition) is 1. The van der Waals surface area contributed by atoms with Crippen LogP contribution in [-0.2, 0) is 0 Å². The minimum atomic E-state index is 0.533. The van der Waals surface area contributed by atoms with E-state index in [0.29, 0.717) is 5.15 Å². The second kappa shape index (κ2) is 2.64. The van der Waals surface area contributed by atoms with E-state index in [0.717, 1.165) is 14.6 Å². The van der Waals surface area contributed by atoms with Crippen molar-refractivity contribution in [2.75, 3.05) is 0 Å². The molecule has 2 heterocycles. The molecule has 1 N–H and O–H groups in total. The lowest BCUT2D eigenvalue weighted by molar-refractivity contribution is 1.33. The first-order valence-electron chi connectivity index (χ1n) is 3.06. The zero-order valence-corrected chi connectivity index (χ0v) is 8.35. The first-order valence-corrected chi connectivity index (χ1v) is 4.52. The van der Waals surface area contributed by atoms with Crippen LogP contribution in [0.3, 0.4) is 0 Å². The Morgan fingerprint density at radius 3 is 3.09 bits per heavy atom. The largest absolute Gasteiger partial charge is 0.347 e. The second-order valence-corrected chi connectivity index (χ2v) is 3.70. The van der Waals surface area contributed by atoms with Crippen LogP contribution in [0.25, 0.3) is 10.9 Å². The quantitative estimate of drug-likeness (QED) is 0.582. The van der Waals surface area contributed by atoms with Crippen molar-refractivity contribution in [1.29, 1.82) is 0 Å². The Labute approximate surface area is 82.1 Å². The predicted molar refractivity (Wildman–Crippen MR) is 53.8 cm³/mol. The molecule has 0 fully saturated rings. The van der Waals surface area contributed by atoms with Crippen molar-refractivity contribution in [3.63, 3.8) is 0 Å². The van der Waals surface area contributed by atoms with Crippen molar-refractivity contribution in [2.45, 2.75) is 0 Å². The van der Waals surface area contributed by atoms with Gasteiger partial charge in [-0.2, -0.15) is 0 Å². The number of aromatic amines is 1. The summed E-state index contributed by atoms with van der Waals surface area (Å²) in [6, 6.07) is 3.96. The van der Waals surface area contributed by atoms with E-state index >= 15 is 0 Å². The average Bonchev–Trinajstić information content (AvgIpc) is 2.31. The van der Waals surface area contributed by atoms with Crippen molar-refractivity contribution >= 4 is 45.1 Å². The van der Waals surface area contributed by atoms with Gasteiger partial charge >= 0.3 is 0 Å². The Kier molecular flexibility index (Phi) is 1.77. The maximum Gasteiger partial charge on any atom is 0.153 e. The number of nitrogens with zero attached hydrogens (tertiary/aromatic N) is 1. The molecule has 0 aromatic carbocycles. The molecule has 2 nitrogen and oxygen atoms in total. The lowest BCUT2D eigenvalue weighted by Gasteiger charge is -1.89. The van der Waals surface area contributed by atoms with Gasteiger partial charge in [0.15, 0.2) is 5.15 Å². The second-order valence-electron chi connectivity index (χ2n) is 2.18. The van der Waals surface area contributed by atoms with Crippen molar-refractivity contribution in [3.8, 4) is 0 Å². The molecule has 0 aliphatic carbocycles. The topological polar surface area (TPSA) is 28.7 Å².